The van der Waals surface area contributed by atoms with E-state index in [0.717, 1.165) is 154 Å². The first-order valence-corrected chi connectivity index (χ1v) is 26.3. The van der Waals surface area contributed by atoms with Crippen molar-refractivity contribution in [3.63, 3.8) is 0 Å². The van der Waals surface area contributed by atoms with Crippen molar-refractivity contribution >= 4 is 17.9 Å². The van der Waals surface area contributed by atoms with Crippen molar-refractivity contribution in [2.45, 2.75) is 207 Å². The van der Waals surface area contributed by atoms with Crippen LogP contribution in [0.3, 0.4) is 0 Å². The number of allylic oxidation sites excluding steroid dienone is 24. The van der Waals surface area contributed by atoms with Gasteiger partial charge in [0.05, 0.1) is 0 Å². The van der Waals surface area contributed by atoms with Crippen molar-refractivity contribution in [2.75, 3.05) is 13.2 Å². The van der Waals surface area contributed by atoms with Crippen LogP contribution in [0.2, 0.25) is 0 Å². The van der Waals surface area contributed by atoms with E-state index >= 15 is 0 Å². The maximum Gasteiger partial charge on any atom is 0.306 e. The predicted molar refractivity (Wildman–Crippen MR) is 288 cm³/mol. The van der Waals surface area contributed by atoms with Crippen LogP contribution in [0.25, 0.3) is 0 Å². The zero-order valence-electron chi connectivity index (χ0n) is 42.6. The minimum absolute atomic E-state index is 0.124. The third kappa shape index (κ3) is 52.1. The van der Waals surface area contributed by atoms with E-state index in [-0.39, 0.29) is 44.0 Å². The second-order valence-corrected chi connectivity index (χ2v) is 16.6. The molecule has 1 atom stereocenters. The summed E-state index contributed by atoms with van der Waals surface area (Å²) in [5.41, 5.74) is 0. The molecule has 0 saturated heterocycles. The molecule has 67 heavy (non-hydrogen) atoms. The lowest BCUT2D eigenvalue weighted by Crippen LogP contribution is -2.30. The minimum atomic E-state index is -0.831. The molecule has 0 saturated carbocycles. The van der Waals surface area contributed by atoms with E-state index in [2.05, 4.69) is 154 Å². The molecule has 374 valence electrons. The molecular formula is C61H94O6. The molecule has 0 aliphatic rings. The van der Waals surface area contributed by atoms with E-state index in [9.17, 15) is 14.4 Å². The highest BCUT2D eigenvalue weighted by Crippen LogP contribution is 2.12. The van der Waals surface area contributed by atoms with Gasteiger partial charge in [-0.1, -0.05) is 205 Å². The van der Waals surface area contributed by atoms with Crippen LogP contribution in [0.15, 0.2) is 146 Å². The Balaban J connectivity index is 4.59. The Labute approximate surface area is 410 Å². The number of carbonyl (C=O) groups is 3. The van der Waals surface area contributed by atoms with Crippen LogP contribution >= 0.6 is 0 Å². The largest absolute Gasteiger partial charge is 0.462 e. The van der Waals surface area contributed by atoms with Crippen molar-refractivity contribution in [2.24, 2.45) is 0 Å². The highest BCUT2D eigenvalue weighted by atomic mass is 16.6. The molecule has 0 N–H and O–H groups in total. The summed E-state index contributed by atoms with van der Waals surface area (Å²) in [5.74, 6) is -1.06. The van der Waals surface area contributed by atoms with Crippen molar-refractivity contribution in [3.05, 3.63) is 146 Å². The van der Waals surface area contributed by atoms with Gasteiger partial charge >= 0.3 is 17.9 Å². The van der Waals surface area contributed by atoms with E-state index in [1.54, 1.807) is 0 Å². The summed E-state index contributed by atoms with van der Waals surface area (Å²) in [4.78, 5) is 38.0. The van der Waals surface area contributed by atoms with Crippen LogP contribution in [-0.2, 0) is 28.6 Å². The molecule has 0 aromatic carbocycles. The van der Waals surface area contributed by atoms with E-state index in [0.29, 0.717) is 12.8 Å². The van der Waals surface area contributed by atoms with Crippen LogP contribution in [-0.4, -0.2) is 37.2 Å². The van der Waals surface area contributed by atoms with E-state index in [1.807, 2.05) is 12.2 Å². The van der Waals surface area contributed by atoms with Crippen LogP contribution < -0.4 is 0 Å². The molecule has 0 heterocycles. The maximum atomic E-state index is 12.8. The zero-order chi connectivity index (χ0) is 48.6. The smallest absolute Gasteiger partial charge is 0.306 e. The molecule has 6 heteroatoms. The maximum absolute atomic E-state index is 12.8. The van der Waals surface area contributed by atoms with Gasteiger partial charge in [-0.2, -0.15) is 0 Å². The topological polar surface area (TPSA) is 78.9 Å². The first-order chi connectivity index (χ1) is 33.0. The standard InChI is InChI=1S/C61H94O6/c1-4-7-10-13-16-19-22-25-28-29-30-31-34-36-39-42-45-48-51-54-60(63)66-57-58(67-61(64)55-52-49-46-43-40-37-33-27-24-21-18-15-12-9-6-3)56-65-59(62)53-50-47-44-41-38-35-32-26-23-20-17-14-11-8-5-2/h7-12,16-21,25-28,30-33,36,39,45,48,58H,4-6,13-15,22-24,29,34-35,37-38,40-44,46-47,49-57H2,1-3H3/b10-7+,11-8+,12-9+,19-16+,20-17+,21-18+,28-25+,31-30+,32-26+,33-27+,39-36+,48-45+/t58-/m1/s1. The third-order valence-electron chi connectivity index (χ3n) is 10.3. The fourth-order valence-corrected chi connectivity index (χ4v) is 6.49. The van der Waals surface area contributed by atoms with Crippen molar-refractivity contribution < 1.29 is 28.6 Å². The summed E-state index contributed by atoms with van der Waals surface area (Å²) in [6, 6.07) is 0. The number of carbonyl (C=O) groups excluding carboxylic acids is 3. The molecule has 0 aliphatic heterocycles. The average Bonchev–Trinajstić information content (AvgIpc) is 3.33. The number of hydrogen-bond acceptors (Lipinski definition) is 6. The summed E-state index contributed by atoms with van der Waals surface area (Å²) in [7, 11) is 0. The van der Waals surface area contributed by atoms with Crippen molar-refractivity contribution in [3.8, 4) is 0 Å². The summed E-state index contributed by atoms with van der Waals surface area (Å²) < 4.78 is 16.7. The van der Waals surface area contributed by atoms with E-state index in [4.69, 9.17) is 14.2 Å². The quantitative estimate of drug-likeness (QED) is 0.0262. The molecule has 0 aromatic heterocycles. The SMILES string of the molecule is CC/C=C/C/C=C/C/C=C/C/C=C/C/C=C/C/C=C/CCC(=O)OC[C@@H](COC(=O)CCCCCCC/C=C/C/C=C/C/C=C/CC)OC(=O)CCCCCCC/C=C/C/C=C/C/C=C/CC. The lowest BCUT2D eigenvalue weighted by atomic mass is 10.1. The minimum Gasteiger partial charge on any atom is -0.462 e. The summed E-state index contributed by atoms with van der Waals surface area (Å²) in [6.07, 6.45) is 77.0. The molecule has 0 amide bonds. The normalized spacial score (nSPS) is 13.3. The van der Waals surface area contributed by atoms with Gasteiger partial charge in [-0.15, -0.1) is 0 Å². The lowest BCUT2D eigenvalue weighted by Gasteiger charge is -2.18. The highest BCUT2D eigenvalue weighted by molar-refractivity contribution is 5.71. The molecule has 0 spiro atoms. The first-order valence-electron chi connectivity index (χ1n) is 26.3. The van der Waals surface area contributed by atoms with Crippen LogP contribution in [0.5, 0.6) is 0 Å². The molecule has 0 unspecified atom stereocenters. The van der Waals surface area contributed by atoms with Gasteiger partial charge < -0.3 is 14.2 Å². The number of unbranched alkanes of at least 4 members (excludes halogenated alkanes) is 10. The Morgan fingerprint density at radius 1 is 0.299 bits per heavy atom. The van der Waals surface area contributed by atoms with E-state index < -0.39 is 6.10 Å². The van der Waals surface area contributed by atoms with Crippen molar-refractivity contribution in [1.82, 2.24) is 0 Å². The van der Waals surface area contributed by atoms with Gasteiger partial charge in [0.2, 0.25) is 0 Å². The van der Waals surface area contributed by atoms with Gasteiger partial charge in [0, 0.05) is 19.3 Å². The van der Waals surface area contributed by atoms with E-state index in [1.165, 1.54) is 0 Å². The van der Waals surface area contributed by atoms with Crippen molar-refractivity contribution in [1.29, 1.82) is 0 Å². The molecule has 0 aromatic rings. The summed E-state index contributed by atoms with van der Waals surface area (Å²) in [5, 5.41) is 0. The second kappa shape index (κ2) is 53.9. The van der Waals surface area contributed by atoms with Crippen LogP contribution in [0.1, 0.15) is 201 Å². The Morgan fingerprint density at radius 2 is 0.567 bits per heavy atom. The predicted octanol–water partition coefficient (Wildman–Crippen LogP) is 17.6. The Morgan fingerprint density at radius 3 is 0.925 bits per heavy atom. The zero-order valence-corrected chi connectivity index (χ0v) is 42.6. The van der Waals surface area contributed by atoms with Gasteiger partial charge in [0.25, 0.3) is 0 Å². The van der Waals surface area contributed by atoms with Gasteiger partial charge in [-0.25, -0.2) is 0 Å². The molecule has 0 aliphatic carbocycles. The van der Waals surface area contributed by atoms with Crippen LogP contribution in [0, 0.1) is 0 Å². The summed E-state index contributed by atoms with van der Waals surface area (Å²) in [6.45, 7) is 6.18. The first kappa shape index (κ1) is 62.3. The fraction of sp³-hybridized carbons (Fsp3) is 0.557. The van der Waals surface area contributed by atoms with Gasteiger partial charge in [0.15, 0.2) is 6.10 Å². The fourth-order valence-electron chi connectivity index (χ4n) is 6.49. The van der Waals surface area contributed by atoms with Gasteiger partial charge in [0.1, 0.15) is 13.2 Å². The lowest BCUT2D eigenvalue weighted by molar-refractivity contribution is -0.166. The Bertz CT molecular complexity index is 1530. The molecule has 0 radical (unpaired) electrons. The molecule has 6 nitrogen and oxygen atoms in total. The molecule has 0 fully saturated rings. The molecule has 0 rings (SSSR count). The highest BCUT2D eigenvalue weighted by Gasteiger charge is 2.19. The number of hydrogen-bond donors (Lipinski definition) is 0. The molecular weight excluding hydrogens is 829 g/mol. The summed E-state index contributed by atoms with van der Waals surface area (Å²) >= 11 is 0. The van der Waals surface area contributed by atoms with Crippen LogP contribution in [0.4, 0.5) is 0 Å². The molecule has 0 bridgehead atoms. The van der Waals surface area contributed by atoms with Gasteiger partial charge in [-0.3, -0.25) is 14.4 Å². The van der Waals surface area contributed by atoms with Gasteiger partial charge in [-0.05, 0) is 122 Å². The second-order valence-electron chi connectivity index (χ2n) is 16.6. The number of ether oxygens (including phenoxy) is 3. The Kier molecular flexibility index (Phi) is 50.1. The number of rotatable bonds is 45. The average molecular weight is 923 g/mol. The Hall–Kier alpha value is -4.71. The number of esters is 3. The monoisotopic (exact) mass is 923 g/mol. The third-order valence-corrected chi connectivity index (χ3v) is 10.3.